The van der Waals surface area contributed by atoms with Crippen LogP contribution in [0.15, 0.2) is 17.2 Å². The van der Waals surface area contributed by atoms with E-state index in [9.17, 15) is 4.21 Å². The van der Waals surface area contributed by atoms with Crippen LogP contribution < -0.4 is 0 Å². The van der Waals surface area contributed by atoms with Gasteiger partial charge in [-0.3, -0.25) is 0 Å². The zero-order valence-electron chi connectivity index (χ0n) is 6.80. The number of hydrogen-bond acceptors (Lipinski definition) is 3. The molecule has 5 heteroatoms. The van der Waals surface area contributed by atoms with E-state index in [-0.39, 0.29) is 0 Å². The molecule has 66 valence electrons. The number of nitrogens with one attached hydrogen (secondary N) is 1. The van der Waals surface area contributed by atoms with E-state index in [0.29, 0.717) is 10.0 Å². The van der Waals surface area contributed by atoms with Crippen LogP contribution in [0.4, 0.5) is 0 Å². The van der Waals surface area contributed by atoms with Crippen LogP contribution >= 0.6 is 11.6 Å². The van der Waals surface area contributed by atoms with Crippen LogP contribution in [0.1, 0.15) is 5.56 Å². The molecule has 0 amide bonds. The first-order valence-electron chi connectivity index (χ1n) is 3.27. The van der Waals surface area contributed by atoms with Gasteiger partial charge in [-0.05, 0) is 18.6 Å². The molecule has 0 spiro atoms. The van der Waals surface area contributed by atoms with Crippen molar-refractivity contribution >= 4 is 21.3 Å². The molecule has 3 nitrogen and oxygen atoms in total. The molecule has 1 aromatic rings. The van der Waals surface area contributed by atoms with Gasteiger partial charge in [0, 0.05) is 12.5 Å². The van der Waals surface area contributed by atoms with Crippen molar-refractivity contribution in [3.63, 3.8) is 0 Å². The molecule has 1 aromatic heterocycles. The fourth-order valence-corrected chi connectivity index (χ4v) is 1.50. The quantitative estimate of drug-likeness (QED) is 0.713. The van der Waals surface area contributed by atoms with Gasteiger partial charge in [-0.1, -0.05) is 11.6 Å². The monoisotopic (exact) mass is 204 g/mol. The smallest absolute Gasteiger partial charge is 0.131 e. The van der Waals surface area contributed by atoms with Gasteiger partial charge >= 0.3 is 0 Å². The highest BCUT2D eigenvalue weighted by Gasteiger charge is 2.05. The first kappa shape index (κ1) is 9.48. The third-order valence-corrected chi connectivity index (χ3v) is 2.96. The van der Waals surface area contributed by atoms with E-state index >= 15 is 0 Å². The van der Waals surface area contributed by atoms with Crippen LogP contribution in [0.3, 0.4) is 0 Å². The Kier molecular flexibility index (Phi) is 2.39. The van der Waals surface area contributed by atoms with Crippen LogP contribution in [0.2, 0.25) is 5.15 Å². The van der Waals surface area contributed by atoms with Gasteiger partial charge in [0.15, 0.2) is 0 Å². The number of aryl methyl sites for hydroxylation is 1. The molecule has 12 heavy (non-hydrogen) atoms. The predicted molar refractivity (Wildman–Crippen MR) is 49.0 cm³/mol. The fourth-order valence-electron chi connectivity index (χ4n) is 0.745. The van der Waals surface area contributed by atoms with Gasteiger partial charge in [0.05, 0.1) is 14.6 Å². The second kappa shape index (κ2) is 3.03. The van der Waals surface area contributed by atoms with E-state index in [1.165, 1.54) is 12.5 Å². The minimum Gasteiger partial charge on any atom is -0.249 e. The van der Waals surface area contributed by atoms with Crippen LogP contribution in [-0.2, 0) is 9.73 Å². The highest BCUT2D eigenvalue weighted by molar-refractivity contribution is 7.91. The average Bonchev–Trinajstić information content (AvgIpc) is 1.92. The van der Waals surface area contributed by atoms with E-state index in [2.05, 4.69) is 4.98 Å². The number of aromatic nitrogens is 1. The van der Waals surface area contributed by atoms with Crippen molar-refractivity contribution in [3.05, 3.63) is 23.0 Å². The minimum absolute atomic E-state index is 0.391. The standard InChI is InChI=1S/C7H9ClN2OS/c1-5-3-6(12(2,9)11)4-10-7(5)8/h3-4,9H,1-2H3. The Labute approximate surface area is 76.8 Å². The van der Waals surface area contributed by atoms with Gasteiger partial charge < -0.3 is 0 Å². The predicted octanol–water partition coefficient (Wildman–Crippen LogP) is 2.08. The Balaban J connectivity index is 3.33. The van der Waals surface area contributed by atoms with Crippen molar-refractivity contribution in [2.24, 2.45) is 0 Å². The lowest BCUT2D eigenvalue weighted by atomic mass is 10.3. The fraction of sp³-hybridized carbons (Fsp3) is 0.286. The minimum atomic E-state index is -2.66. The average molecular weight is 205 g/mol. The summed E-state index contributed by atoms with van der Waals surface area (Å²) in [5, 5.41) is 0.391. The van der Waals surface area contributed by atoms with Crippen LogP contribution in [0.25, 0.3) is 0 Å². The lowest BCUT2D eigenvalue weighted by Gasteiger charge is -2.02. The summed E-state index contributed by atoms with van der Waals surface area (Å²) in [5.41, 5.74) is 0.746. The third kappa shape index (κ3) is 1.95. The summed E-state index contributed by atoms with van der Waals surface area (Å²) in [6, 6.07) is 1.63. The van der Waals surface area contributed by atoms with Crippen LogP contribution in [0, 0.1) is 11.7 Å². The molecular weight excluding hydrogens is 196 g/mol. The molecule has 0 saturated carbocycles. The third-order valence-electron chi connectivity index (χ3n) is 1.44. The molecule has 0 radical (unpaired) electrons. The second-order valence-corrected chi connectivity index (χ2v) is 5.14. The zero-order valence-corrected chi connectivity index (χ0v) is 8.37. The van der Waals surface area contributed by atoms with Gasteiger partial charge in [0.1, 0.15) is 5.15 Å². The van der Waals surface area contributed by atoms with Gasteiger partial charge in [0.25, 0.3) is 0 Å². The van der Waals surface area contributed by atoms with E-state index in [0.717, 1.165) is 5.56 Å². The summed E-state index contributed by atoms with van der Waals surface area (Å²) in [6.45, 7) is 1.77. The normalized spacial score (nSPS) is 15.6. The van der Waals surface area contributed by atoms with Gasteiger partial charge in [0.2, 0.25) is 0 Å². The molecule has 0 aliphatic carbocycles. The summed E-state index contributed by atoms with van der Waals surface area (Å²) in [7, 11) is -2.66. The highest BCUT2D eigenvalue weighted by atomic mass is 35.5. The largest absolute Gasteiger partial charge is 0.249 e. The lowest BCUT2D eigenvalue weighted by Crippen LogP contribution is -1.96. The van der Waals surface area contributed by atoms with Gasteiger partial charge in [-0.2, -0.15) is 0 Å². The maximum atomic E-state index is 11.2. The summed E-state index contributed by atoms with van der Waals surface area (Å²) >= 11 is 5.67. The summed E-state index contributed by atoms with van der Waals surface area (Å²) < 4.78 is 18.5. The first-order valence-corrected chi connectivity index (χ1v) is 5.61. The van der Waals surface area contributed by atoms with Crippen molar-refractivity contribution < 1.29 is 4.21 Å². The molecule has 0 aliphatic rings. The molecule has 0 aliphatic heterocycles. The Morgan fingerprint density at radius 2 is 2.25 bits per heavy atom. The van der Waals surface area contributed by atoms with Crippen LogP contribution in [-0.4, -0.2) is 15.4 Å². The molecule has 1 heterocycles. The van der Waals surface area contributed by atoms with Crippen molar-refractivity contribution in [2.75, 3.05) is 6.26 Å². The summed E-state index contributed by atoms with van der Waals surface area (Å²) in [5.74, 6) is 0. The molecule has 0 fully saturated rings. The molecule has 1 atom stereocenters. The molecule has 1 rings (SSSR count). The molecule has 0 saturated heterocycles. The Bertz CT molecular complexity index is 400. The van der Waals surface area contributed by atoms with Gasteiger partial charge in [-0.25, -0.2) is 14.0 Å². The topological polar surface area (TPSA) is 53.8 Å². The van der Waals surface area contributed by atoms with E-state index < -0.39 is 9.73 Å². The number of pyridine rings is 1. The van der Waals surface area contributed by atoms with E-state index in [4.69, 9.17) is 16.4 Å². The Morgan fingerprint density at radius 3 is 2.67 bits per heavy atom. The molecular formula is C7H9ClN2OS. The first-order chi connectivity index (χ1) is 5.41. The van der Waals surface area contributed by atoms with E-state index in [1.54, 1.807) is 13.0 Å². The summed E-state index contributed by atoms with van der Waals surface area (Å²) in [4.78, 5) is 4.23. The molecule has 0 aromatic carbocycles. The summed E-state index contributed by atoms with van der Waals surface area (Å²) in [6.07, 6.45) is 2.74. The van der Waals surface area contributed by atoms with Crippen molar-refractivity contribution in [3.8, 4) is 0 Å². The maximum absolute atomic E-state index is 11.2. The van der Waals surface area contributed by atoms with Crippen molar-refractivity contribution in [1.82, 2.24) is 4.98 Å². The molecule has 0 bridgehead atoms. The van der Waals surface area contributed by atoms with Crippen LogP contribution in [0.5, 0.6) is 0 Å². The lowest BCUT2D eigenvalue weighted by molar-refractivity contribution is 0.678. The highest BCUT2D eigenvalue weighted by Crippen LogP contribution is 2.16. The molecule has 1 unspecified atom stereocenters. The Hall–Kier alpha value is -0.610. The second-order valence-electron chi connectivity index (χ2n) is 2.62. The van der Waals surface area contributed by atoms with Gasteiger partial charge in [-0.15, -0.1) is 0 Å². The SMILES string of the molecule is Cc1cc(S(C)(=N)=O)cnc1Cl. The number of hydrogen-bond donors (Lipinski definition) is 1. The van der Waals surface area contributed by atoms with Crippen molar-refractivity contribution in [2.45, 2.75) is 11.8 Å². The number of rotatable bonds is 1. The molecule has 1 N–H and O–H groups in total. The van der Waals surface area contributed by atoms with E-state index in [1.807, 2.05) is 0 Å². The number of nitrogens with zero attached hydrogens (tertiary/aromatic N) is 1. The maximum Gasteiger partial charge on any atom is 0.131 e. The number of halogens is 1. The zero-order chi connectivity index (χ0) is 9.35. The Morgan fingerprint density at radius 1 is 1.67 bits per heavy atom. The van der Waals surface area contributed by atoms with Crippen molar-refractivity contribution in [1.29, 1.82) is 4.78 Å².